The van der Waals surface area contributed by atoms with E-state index in [2.05, 4.69) is 15.6 Å². The van der Waals surface area contributed by atoms with Gasteiger partial charge in [-0.3, -0.25) is 4.79 Å². The molecule has 1 aromatic heterocycles. The van der Waals surface area contributed by atoms with Gasteiger partial charge < -0.3 is 15.4 Å². The van der Waals surface area contributed by atoms with Gasteiger partial charge in [0.1, 0.15) is 11.0 Å². The van der Waals surface area contributed by atoms with E-state index in [1.807, 2.05) is 37.3 Å². The van der Waals surface area contributed by atoms with E-state index in [1.54, 1.807) is 11.3 Å². The zero-order valence-electron chi connectivity index (χ0n) is 12.5. The van der Waals surface area contributed by atoms with E-state index in [0.29, 0.717) is 19.8 Å². The number of hydrogen-bond acceptors (Lipinski definition) is 5. The molecule has 0 saturated carbocycles. The Hall–Kier alpha value is -1.76. The minimum atomic E-state index is -0.254. The van der Waals surface area contributed by atoms with Gasteiger partial charge in [-0.1, -0.05) is 30.3 Å². The summed E-state index contributed by atoms with van der Waals surface area (Å²) >= 11 is 1.62. The van der Waals surface area contributed by atoms with Gasteiger partial charge in [-0.05, 0) is 6.92 Å². The number of carbonyl (C=O) groups excluding carboxylic acids is 1. The molecule has 2 heterocycles. The third-order valence-electron chi connectivity index (χ3n) is 3.57. The molecule has 116 valence electrons. The minimum absolute atomic E-state index is 0.0197. The molecule has 1 aliphatic heterocycles. The van der Waals surface area contributed by atoms with Crippen LogP contribution in [0, 0.1) is 6.92 Å². The zero-order valence-corrected chi connectivity index (χ0v) is 13.3. The van der Waals surface area contributed by atoms with E-state index < -0.39 is 0 Å². The number of carbonyl (C=O) groups is 1. The number of benzene rings is 1. The maximum absolute atomic E-state index is 12.1. The molecule has 22 heavy (non-hydrogen) atoms. The van der Waals surface area contributed by atoms with Crippen LogP contribution in [0.4, 0.5) is 0 Å². The predicted molar refractivity (Wildman–Crippen MR) is 86.7 cm³/mol. The summed E-state index contributed by atoms with van der Waals surface area (Å²) in [5.41, 5.74) is 2.08. The van der Waals surface area contributed by atoms with Crippen LogP contribution in [0.25, 0.3) is 10.6 Å². The van der Waals surface area contributed by atoms with Crippen molar-refractivity contribution in [3.05, 3.63) is 40.9 Å². The SMILES string of the molecule is Cc1nc(-c2ccccc2)sc1CNC(=O)C1COCCN1. The van der Waals surface area contributed by atoms with Crippen LogP contribution in [0.5, 0.6) is 0 Å². The maximum Gasteiger partial charge on any atom is 0.239 e. The zero-order chi connectivity index (χ0) is 15.4. The largest absolute Gasteiger partial charge is 0.378 e. The maximum atomic E-state index is 12.1. The fourth-order valence-electron chi connectivity index (χ4n) is 2.32. The van der Waals surface area contributed by atoms with Crippen LogP contribution >= 0.6 is 11.3 Å². The van der Waals surface area contributed by atoms with E-state index in [1.165, 1.54) is 0 Å². The molecule has 1 unspecified atom stereocenters. The van der Waals surface area contributed by atoms with Crippen LogP contribution in [0.15, 0.2) is 30.3 Å². The number of ether oxygens (including phenoxy) is 1. The first-order valence-corrected chi connectivity index (χ1v) is 8.16. The Bertz CT molecular complexity index is 636. The lowest BCUT2D eigenvalue weighted by Gasteiger charge is -2.22. The molecule has 1 aromatic carbocycles. The summed E-state index contributed by atoms with van der Waals surface area (Å²) in [6.07, 6.45) is 0. The van der Waals surface area contributed by atoms with Gasteiger partial charge in [0, 0.05) is 17.0 Å². The first-order valence-electron chi connectivity index (χ1n) is 7.34. The van der Waals surface area contributed by atoms with Gasteiger partial charge in [0.15, 0.2) is 0 Å². The predicted octanol–water partition coefficient (Wildman–Crippen LogP) is 1.72. The molecule has 0 radical (unpaired) electrons. The smallest absolute Gasteiger partial charge is 0.239 e. The quantitative estimate of drug-likeness (QED) is 0.901. The van der Waals surface area contributed by atoms with E-state index in [-0.39, 0.29) is 11.9 Å². The van der Waals surface area contributed by atoms with Gasteiger partial charge in [0.2, 0.25) is 5.91 Å². The van der Waals surface area contributed by atoms with Crippen molar-refractivity contribution in [3.63, 3.8) is 0 Å². The molecule has 6 heteroatoms. The number of amides is 1. The summed E-state index contributed by atoms with van der Waals surface area (Å²) < 4.78 is 5.31. The second-order valence-electron chi connectivity index (χ2n) is 5.19. The van der Waals surface area contributed by atoms with E-state index >= 15 is 0 Å². The number of nitrogens with one attached hydrogen (secondary N) is 2. The van der Waals surface area contributed by atoms with Crippen molar-refractivity contribution in [2.24, 2.45) is 0 Å². The molecular weight excluding hydrogens is 298 g/mol. The fraction of sp³-hybridized carbons (Fsp3) is 0.375. The van der Waals surface area contributed by atoms with Gasteiger partial charge in [0.25, 0.3) is 0 Å². The molecule has 1 saturated heterocycles. The van der Waals surface area contributed by atoms with Gasteiger partial charge in [-0.2, -0.15) is 0 Å². The minimum Gasteiger partial charge on any atom is -0.378 e. The fourth-order valence-corrected chi connectivity index (χ4v) is 3.33. The normalized spacial score (nSPS) is 18.1. The van der Waals surface area contributed by atoms with Crippen LogP contribution in [0.1, 0.15) is 10.6 Å². The van der Waals surface area contributed by atoms with Crippen LogP contribution in [0.2, 0.25) is 0 Å². The molecule has 1 atom stereocenters. The number of aryl methyl sites for hydroxylation is 1. The summed E-state index contributed by atoms with van der Waals surface area (Å²) in [4.78, 5) is 17.8. The lowest BCUT2D eigenvalue weighted by atomic mass is 10.2. The number of thiazole rings is 1. The molecule has 2 N–H and O–H groups in total. The third kappa shape index (κ3) is 3.52. The first-order chi connectivity index (χ1) is 10.7. The lowest BCUT2D eigenvalue weighted by molar-refractivity contribution is -0.126. The second kappa shape index (κ2) is 7.00. The van der Waals surface area contributed by atoms with Crippen molar-refractivity contribution in [1.82, 2.24) is 15.6 Å². The summed E-state index contributed by atoms with van der Waals surface area (Å²) in [6, 6.07) is 9.83. The van der Waals surface area contributed by atoms with Gasteiger partial charge in [0.05, 0.1) is 25.5 Å². The summed E-state index contributed by atoms with van der Waals surface area (Å²) in [5, 5.41) is 7.10. The van der Waals surface area contributed by atoms with Crippen molar-refractivity contribution in [1.29, 1.82) is 0 Å². The van der Waals surface area contributed by atoms with E-state index in [0.717, 1.165) is 27.7 Å². The molecule has 3 rings (SSSR count). The average Bonchev–Trinajstić information content (AvgIpc) is 2.95. The second-order valence-corrected chi connectivity index (χ2v) is 6.28. The van der Waals surface area contributed by atoms with Crippen LogP contribution in [0.3, 0.4) is 0 Å². The highest BCUT2D eigenvalue weighted by atomic mass is 32.1. The highest BCUT2D eigenvalue weighted by molar-refractivity contribution is 7.15. The summed E-state index contributed by atoms with van der Waals surface area (Å²) in [7, 11) is 0. The van der Waals surface area contributed by atoms with Crippen molar-refractivity contribution in [3.8, 4) is 10.6 Å². The average molecular weight is 317 g/mol. The number of aromatic nitrogens is 1. The first kappa shape index (κ1) is 15.1. The summed E-state index contributed by atoms with van der Waals surface area (Å²) in [6.45, 7) is 4.30. The monoisotopic (exact) mass is 317 g/mol. The van der Waals surface area contributed by atoms with Crippen molar-refractivity contribution >= 4 is 17.2 Å². The molecule has 0 spiro atoms. The molecule has 1 amide bonds. The van der Waals surface area contributed by atoms with Crippen molar-refractivity contribution in [2.45, 2.75) is 19.5 Å². The van der Waals surface area contributed by atoms with Crippen LogP contribution in [-0.4, -0.2) is 36.7 Å². The van der Waals surface area contributed by atoms with Gasteiger partial charge in [-0.25, -0.2) is 4.98 Å². The lowest BCUT2D eigenvalue weighted by Crippen LogP contribution is -2.51. The van der Waals surface area contributed by atoms with Crippen molar-refractivity contribution < 1.29 is 9.53 Å². The Morgan fingerprint density at radius 1 is 1.45 bits per heavy atom. The highest BCUT2D eigenvalue weighted by Gasteiger charge is 2.21. The Morgan fingerprint density at radius 3 is 3.00 bits per heavy atom. The summed E-state index contributed by atoms with van der Waals surface area (Å²) in [5.74, 6) is -0.0197. The number of rotatable bonds is 4. The molecule has 1 aliphatic rings. The molecule has 5 nitrogen and oxygen atoms in total. The molecule has 0 aliphatic carbocycles. The molecule has 1 fully saturated rings. The Kier molecular flexibility index (Phi) is 4.82. The number of hydrogen-bond donors (Lipinski definition) is 2. The van der Waals surface area contributed by atoms with Gasteiger partial charge >= 0.3 is 0 Å². The molecule has 0 bridgehead atoms. The number of nitrogens with zero attached hydrogens (tertiary/aromatic N) is 1. The Morgan fingerprint density at radius 2 is 2.27 bits per heavy atom. The molecule has 2 aromatic rings. The standard InChI is InChI=1S/C16H19N3O2S/c1-11-14(9-18-15(20)13-10-21-8-7-17-13)22-16(19-11)12-5-3-2-4-6-12/h2-6,13,17H,7-10H2,1H3,(H,18,20). The topological polar surface area (TPSA) is 63.2 Å². The Balaban J connectivity index is 1.63. The highest BCUT2D eigenvalue weighted by Crippen LogP contribution is 2.27. The molecular formula is C16H19N3O2S. The van der Waals surface area contributed by atoms with Crippen LogP contribution in [-0.2, 0) is 16.1 Å². The Labute approximate surface area is 133 Å². The van der Waals surface area contributed by atoms with Gasteiger partial charge in [-0.15, -0.1) is 11.3 Å². The van der Waals surface area contributed by atoms with Crippen LogP contribution < -0.4 is 10.6 Å². The third-order valence-corrected chi connectivity index (χ3v) is 4.78. The van der Waals surface area contributed by atoms with Crippen molar-refractivity contribution in [2.75, 3.05) is 19.8 Å². The van der Waals surface area contributed by atoms with E-state index in [9.17, 15) is 4.79 Å². The van der Waals surface area contributed by atoms with E-state index in [4.69, 9.17) is 4.74 Å². The number of morpholine rings is 1.